The van der Waals surface area contributed by atoms with Crippen LogP contribution in [0.3, 0.4) is 0 Å². The number of carbonyl (C=O) groups is 1. The van der Waals surface area contributed by atoms with Crippen LogP contribution in [0.1, 0.15) is 36.8 Å². The highest BCUT2D eigenvalue weighted by molar-refractivity contribution is 7.16. The summed E-state index contributed by atoms with van der Waals surface area (Å²) in [6.07, 6.45) is 7.31. The van der Waals surface area contributed by atoms with E-state index in [1.165, 1.54) is 16.9 Å². The van der Waals surface area contributed by atoms with Gasteiger partial charge in [0.25, 0.3) is 0 Å². The summed E-state index contributed by atoms with van der Waals surface area (Å²) < 4.78 is 1.77. The van der Waals surface area contributed by atoms with E-state index >= 15 is 0 Å². The molecule has 3 rings (SSSR count). The van der Waals surface area contributed by atoms with Crippen molar-refractivity contribution in [2.75, 3.05) is 5.32 Å². The number of aryl methyl sites for hydroxylation is 2. The van der Waals surface area contributed by atoms with Gasteiger partial charge in [-0.15, -0.1) is 11.3 Å². The van der Waals surface area contributed by atoms with E-state index in [-0.39, 0.29) is 11.9 Å². The third kappa shape index (κ3) is 3.96. The van der Waals surface area contributed by atoms with Crippen molar-refractivity contribution < 1.29 is 4.79 Å². The van der Waals surface area contributed by atoms with Crippen LogP contribution in [-0.4, -0.2) is 20.4 Å². The number of aromatic nitrogens is 3. The van der Waals surface area contributed by atoms with E-state index < -0.39 is 0 Å². The van der Waals surface area contributed by atoms with Crippen LogP contribution < -0.4 is 5.32 Å². The minimum atomic E-state index is -0.330. The monoisotopic (exact) mass is 354 g/mol. The highest BCUT2D eigenvalue weighted by Gasteiger charge is 2.17. The molecule has 5 nitrogen and oxygen atoms in total. The summed E-state index contributed by atoms with van der Waals surface area (Å²) in [4.78, 5) is 22.1. The minimum Gasteiger partial charge on any atom is -0.325 e. The SMILES string of the molecule is CCCc1ccc(-c2nc(NC(=O)[C@H](C)n3ccnc3)sc2C)cc1. The molecule has 2 aromatic heterocycles. The number of nitrogens with zero attached hydrogens (tertiary/aromatic N) is 3. The zero-order valence-corrected chi connectivity index (χ0v) is 15.5. The number of thiazole rings is 1. The maximum absolute atomic E-state index is 12.4. The third-order valence-corrected chi connectivity index (χ3v) is 5.03. The molecule has 1 atom stereocenters. The first-order valence-electron chi connectivity index (χ1n) is 8.43. The van der Waals surface area contributed by atoms with Crippen LogP contribution in [0.2, 0.25) is 0 Å². The van der Waals surface area contributed by atoms with Crippen LogP contribution in [0, 0.1) is 6.92 Å². The number of hydrogen-bond donors (Lipinski definition) is 1. The zero-order valence-electron chi connectivity index (χ0n) is 14.7. The lowest BCUT2D eigenvalue weighted by Gasteiger charge is -2.11. The average Bonchev–Trinajstić information content (AvgIpc) is 3.25. The second-order valence-electron chi connectivity index (χ2n) is 6.05. The van der Waals surface area contributed by atoms with Gasteiger partial charge in [-0.25, -0.2) is 9.97 Å². The van der Waals surface area contributed by atoms with Crippen LogP contribution in [0.5, 0.6) is 0 Å². The van der Waals surface area contributed by atoms with Gasteiger partial charge in [-0.3, -0.25) is 4.79 Å². The Bertz CT molecular complexity index is 837. The van der Waals surface area contributed by atoms with E-state index in [4.69, 9.17) is 0 Å². The van der Waals surface area contributed by atoms with Crippen LogP contribution in [0.25, 0.3) is 11.3 Å². The van der Waals surface area contributed by atoms with Crippen molar-refractivity contribution in [2.24, 2.45) is 0 Å². The molecule has 0 fully saturated rings. The molecule has 6 heteroatoms. The molecule has 2 heterocycles. The number of nitrogens with one attached hydrogen (secondary N) is 1. The van der Waals surface area contributed by atoms with E-state index in [0.717, 1.165) is 29.0 Å². The minimum absolute atomic E-state index is 0.100. The first kappa shape index (κ1) is 17.4. The molecular weight excluding hydrogens is 332 g/mol. The van der Waals surface area contributed by atoms with Crippen LogP contribution in [-0.2, 0) is 11.2 Å². The Labute approximate surface area is 151 Å². The first-order valence-corrected chi connectivity index (χ1v) is 9.25. The summed E-state index contributed by atoms with van der Waals surface area (Å²) in [6.45, 7) is 6.05. The first-order chi connectivity index (χ1) is 12.1. The van der Waals surface area contributed by atoms with Crippen LogP contribution in [0.4, 0.5) is 5.13 Å². The number of rotatable bonds is 6. The number of anilines is 1. The van der Waals surface area contributed by atoms with Crippen molar-refractivity contribution in [2.45, 2.75) is 39.7 Å². The lowest BCUT2D eigenvalue weighted by atomic mass is 10.1. The van der Waals surface area contributed by atoms with Gasteiger partial charge in [0.15, 0.2) is 5.13 Å². The molecule has 1 aromatic carbocycles. The third-order valence-electron chi connectivity index (χ3n) is 4.14. The predicted molar refractivity (Wildman–Crippen MR) is 102 cm³/mol. The lowest BCUT2D eigenvalue weighted by molar-refractivity contribution is -0.118. The van der Waals surface area contributed by atoms with Gasteiger partial charge in [-0.05, 0) is 25.8 Å². The summed E-state index contributed by atoms with van der Waals surface area (Å²) >= 11 is 1.50. The standard InChI is InChI=1S/C19H22N4OS/c1-4-5-15-6-8-16(9-7-15)17-14(3)25-19(21-17)22-18(24)13(2)23-11-10-20-12-23/h6-13H,4-5H2,1-3H3,(H,21,22,24)/t13-/m0/s1. The molecule has 0 unspecified atom stereocenters. The van der Waals surface area contributed by atoms with E-state index in [2.05, 4.69) is 46.5 Å². The molecule has 0 saturated carbocycles. The number of imidazole rings is 1. The van der Waals surface area contributed by atoms with Gasteiger partial charge in [0.05, 0.1) is 12.0 Å². The molecule has 0 spiro atoms. The fourth-order valence-corrected chi connectivity index (χ4v) is 3.52. The van der Waals surface area contributed by atoms with Gasteiger partial charge in [0.1, 0.15) is 6.04 Å². The van der Waals surface area contributed by atoms with E-state index in [1.54, 1.807) is 23.3 Å². The summed E-state index contributed by atoms with van der Waals surface area (Å²) in [6, 6.07) is 8.18. The fraction of sp³-hybridized carbons (Fsp3) is 0.316. The van der Waals surface area contributed by atoms with Crippen molar-refractivity contribution >= 4 is 22.4 Å². The highest BCUT2D eigenvalue weighted by Crippen LogP contribution is 2.31. The van der Waals surface area contributed by atoms with E-state index in [1.807, 2.05) is 13.8 Å². The van der Waals surface area contributed by atoms with Crippen LogP contribution >= 0.6 is 11.3 Å². The molecule has 0 aliphatic rings. The van der Waals surface area contributed by atoms with Crippen molar-refractivity contribution in [3.63, 3.8) is 0 Å². The average molecular weight is 354 g/mol. The number of carbonyl (C=O) groups excluding carboxylic acids is 1. The van der Waals surface area contributed by atoms with Gasteiger partial charge in [0, 0.05) is 22.8 Å². The van der Waals surface area contributed by atoms with Crippen molar-refractivity contribution in [1.82, 2.24) is 14.5 Å². The molecule has 0 radical (unpaired) electrons. The van der Waals surface area contributed by atoms with Crippen molar-refractivity contribution in [3.8, 4) is 11.3 Å². The Balaban J connectivity index is 1.74. The normalized spacial score (nSPS) is 12.1. The Kier molecular flexibility index (Phi) is 5.28. The van der Waals surface area contributed by atoms with Gasteiger partial charge in [-0.2, -0.15) is 0 Å². The molecule has 25 heavy (non-hydrogen) atoms. The topological polar surface area (TPSA) is 59.8 Å². The fourth-order valence-electron chi connectivity index (χ4n) is 2.68. The second-order valence-corrected chi connectivity index (χ2v) is 7.25. The Morgan fingerprint density at radius 2 is 2.08 bits per heavy atom. The van der Waals surface area contributed by atoms with Crippen molar-refractivity contribution in [1.29, 1.82) is 0 Å². The number of benzene rings is 1. The Morgan fingerprint density at radius 3 is 2.72 bits per heavy atom. The number of hydrogen-bond acceptors (Lipinski definition) is 4. The van der Waals surface area contributed by atoms with E-state index in [9.17, 15) is 4.79 Å². The maximum atomic E-state index is 12.4. The van der Waals surface area contributed by atoms with Crippen LogP contribution in [0.15, 0.2) is 43.0 Å². The quantitative estimate of drug-likeness (QED) is 0.710. The summed E-state index contributed by atoms with van der Waals surface area (Å²) in [5.74, 6) is -0.100. The summed E-state index contributed by atoms with van der Waals surface area (Å²) in [5.41, 5.74) is 3.34. The van der Waals surface area contributed by atoms with Gasteiger partial charge in [-0.1, -0.05) is 37.6 Å². The van der Waals surface area contributed by atoms with Gasteiger partial charge < -0.3 is 9.88 Å². The van der Waals surface area contributed by atoms with Gasteiger partial charge in [0.2, 0.25) is 5.91 Å². The Morgan fingerprint density at radius 1 is 1.32 bits per heavy atom. The molecule has 3 aromatic rings. The molecule has 1 amide bonds. The predicted octanol–water partition coefficient (Wildman–Crippen LogP) is 4.47. The number of amides is 1. The van der Waals surface area contributed by atoms with Gasteiger partial charge >= 0.3 is 0 Å². The lowest BCUT2D eigenvalue weighted by Crippen LogP contribution is -2.22. The maximum Gasteiger partial charge on any atom is 0.248 e. The molecule has 0 saturated heterocycles. The smallest absolute Gasteiger partial charge is 0.248 e. The molecular formula is C19H22N4OS. The second kappa shape index (κ2) is 7.61. The highest BCUT2D eigenvalue weighted by atomic mass is 32.1. The molecule has 0 aliphatic carbocycles. The van der Waals surface area contributed by atoms with Crippen molar-refractivity contribution in [3.05, 3.63) is 53.4 Å². The zero-order chi connectivity index (χ0) is 17.8. The molecule has 1 N–H and O–H groups in total. The molecule has 130 valence electrons. The Hall–Kier alpha value is -2.47. The molecule has 0 aliphatic heterocycles. The summed E-state index contributed by atoms with van der Waals surface area (Å²) in [5, 5.41) is 3.54. The summed E-state index contributed by atoms with van der Waals surface area (Å²) in [7, 11) is 0. The molecule has 0 bridgehead atoms. The van der Waals surface area contributed by atoms with E-state index in [0.29, 0.717) is 5.13 Å². The largest absolute Gasteiger partial charge is 0.325 e.